The number of carbonyl (C=O) groups is 2. The van der Waals surface area contributed by atoms with Gasteiger partial charge in [0.1, 0.15) is 5.78 Å². The Bertz CT molecular complexity index is 152. The van der Waals surface area contributed by atoms with Crippen LogP contribution in [0.1, 0.15) is 33.1 Å². The highest BCUT2D eigenvalue weighted by molar-refractivity contribution is 5.84. The lowest BCUT2D eigenvalue weighted by Gasteiger charge is -2.01. The number of amides is 1. The van der Waals surface area contributed by atoms with Crippen molar-refractivity contribution in [1.82, 2.24) is 0 Å². The Hall–Kier alpha value is -0.860. The average Bonchev–Trinajstić information content (AvgIpc) is 1.82. The van der Waals surface area contributed by atoms with Crippen LogP contribution in [-0.4, -0.2) is 11.7 Å². The van der Waals surface area contributed by atoms with E-state index in [0.29, 0.717) is 18.8 Å². The van der Waals surface area contributed by atoms with Gasteiger partial charge in [0.15, 0.2) is 0 Å². The first-order chi connectivity index (χ1) is 5.02. The standard InChI is InChI=1S/C8H15NO2/c1-6(2)5-7(10)3-4-8(9)11/h6H,3-5H2,1-2H3,(H2,9,11). The smallest absolute Gasteiger partial charge is 0.217 e. The summed E-state index contributed by atoms with van der Waals surface area (Å²) in [7, 11) is 0. The molecular formula is C8H15NO2. The highest BCUT2D eigenvalue weighted by atomic mass is 16.1. The van der Waals surface area contributed by atoms with Crippen LogP contribution in [0.4, 0.5) is 0 Å². The highest BCUT2D eigenvalue weighted by Crippen LogP contribution is 2.03. The first-order valence-corrected chi connectivity index (χ1v) is 3.82. The first kappa shape index (κ1) is 10.1. The zero-order valence-corrected chi connectivity index (χ0v) is 7.09. The summed E-state index contributed by atoms with van der Waals surface area (Å²) in [6.45, 7) is 3.95. The molecule has 64 valence electrons. The minimum Gasteiger partial charge on any atom is -0.370 e. The molecule has 0 aromatic carbocycles. The topological polar surface area (TPSA) is 60.2 Å². The van der Waals surface area contributed by atoms with E-state index in [2.05, 4.69) is 0 Å². The first-order valence-electron chi connectivity index (χ1n) is 3.82. The molecule has 0 bridgehead atoms. The number of hydrogen-bond donors (Lipinski definition) is 1. The van der Waals surface area contributed by atoms with Gasteiger partial charge >= 0.3 is 0 Å². The van der Waals surface area contributed by atoms with Gasteiger partial charge in [-0.1, -0.05) is 13.8 Å². The summed E-state index contributed by atoms with van der Waals surface area (Å²) in [5, 5.41) is 0. The molecule has 0 aliphatic heterocycles. The molecule has 11 heavy (non-hydrogen) atoms. The third kappa shape index (κ3) is 7.03. The molecule has 0 aliphatic carbocycles. The Morgan fingerprint density at radius 1 is 1.27 bits per heavy atom. The Morgan fingerprint density at radius 3 is 2.18 bits per heavy atom. The number of Topliss-reactive ketones (excluding diaryl/α,β-unsaturated/α-hetero) is 1. The van der Waals surface area contributed by atoms with E-state index in [1.165, 1.54) is 0 Å². The van der Waals surface area contributed by atoms with E-state index in [1.807, 2.05) is 13.8 Å². The van der Waals surface area contributed by atoms with Crippen LogP contribution < -0.4 is 5.73 Å². The summed E-state index contributed by atoms with van der Waals surface area (Å²) in [4.78, 5) is 21.2. The van der Waals surface area contributed by atoms with Gasteiger partial charge in [0.25, 0.3) is 0 Å². The van der Waals surface area contributed by atoms with Gasteiger partial charge in [-0.3, -0.25) is 9.59 Å². The minimum absolute atomic E-state index is 0.124. The van der Waals surface area contributed by atoms with Crippen molar-refractivity contribution in [3.63, 3.8) is 0 Å². The van der Waals surface area contributed by atoms with Crippen LogP contribution in [0.5, 0.6) is 0 Å². The van der Waals surface area contributed by atoms with Crippen molar-refractivity contribution < 1.29 is 9.59 Å². The van der Waals surface area contributed by atoms with E-state index in [4.69, 9.17) is 5.73 Å². The van der Waals surface area contributed by atoms with Crippen molar-refractivity contribution in [2.24, 2.45) is 11.7 Å². The summed E-state index contributed by atoms with van der Waals surface area (Å²) in [5.74, 6) is 0.0938. The van der Waals surface area contributed by atoms with Crippen LogP contribution in [-0.2, 0) is 9.59 Å². The van der Waals surface area contributed by atoms with Gasteiger partial charge in [-0.15, -0.1) is 0 Å². The van der Waals surface area contributed by atoms with E-state index >= 15 is 0 Å². The van der Waals surface area contributed by atoms with Crippen molar-refractivity contribution in [1.29, 1.82) is 0 Å². The lowest BCUT2D eigenvalue weighted by molar-refractivity contribution is -0.124. The molecule has 0 rings (SSSR count). The van der Waals surface area contributed by atoms with Gasteiger partial charge in [-0.2, -0.15) is 0 Å². The predicted molar refractivity (Wildman–Crippen MR) is 42.9 cm³/mol. The maximum atomic E-state index is 11.0. The van der Waals surface area contributed by atoms with Gasteiger partial charge < -0.3 is 5.73 Å². The second kappa shape index (κ2) is 4.88. The molecule has 0 aromatic rings. The average molecular weight is 157 g/mol. The van der Waals surface area contributed by atoms with Crippen LogP contribution >= 0.6 is 0 Å². The molecule has 3 nitrogen and oxygen atoms in total. The number of ketones is 1. The summed E-state index contributed by atoms with van der Waals surface area (Å²) in [5.41, 5.74) is 4.88. The third-order valence-electron chi connectivity index (χ3n) is 1.29. The van der Waals surface area contributed by atoms with Crippen molar-refractivity contribution in [3.05, 3.63) is 0 Å². The fourth-order valence-electron chi connectivity index (χ4n) is 0.820. The monoisotopic (exact) mass is 157 g/mol. The van der Waals surface area contributed by atoms with Gasteiger partial charge in [0.05, 0.1) is 0 Å². The molecule has 0 unspecified atom stereocenters. The molecular weight excluding hydrogens is 142 g/mol. The summed E-state index contributed by atoms with van der Waals surface area (Å²) < 4.78 is 0. The largest absolute Gasteiger partial charge is 0.370 e. The normalized spacial score (nSPS) is 10.1. The molecule has 0 spiro atoms. The lowest BCUT2D eigenvalue weighted by Crippen LogP contribution is -2.13. The van der Waals surface area contributed by atoms with Gasteiger partial charge in [-0.25, -0.2) is 0 Å². The molecule has 0 radical (unpaired) electrons. The van der Waals surface area contributed by atoms with Crippen molar-refractivity contribution in [2.45, 2.75) is 33.1 Å². The van der Waals surface area contributed by atoms with Crippen LogP contribution in [0.2, 0.25) is 0 Å². The maximum Gasteiger partial charge on any atom is 0.217 e. The molecule has 0 heterocycles. The molecule has 3 heteroatoms. The van der Waals surface area contributed by atoms with Crippen LogP contribution in [0.3, 0.4) is 0 Å². The van der Waals surface area contributed by atoms with E-state index in [-0.39, 0.29) is 12.2 Å². The van der Waals surface area contributed by atoms with E-state index < -0.39 is 5.91 Å². The fraction of sp³-hybridized carbons (Fsp3) is 0.750. The molecule has 0 fully saturated rings. The zero-order valence-electron chi connectivity index (χ0n) is 7.09. The number of primary amides is 1. The highest BCUT2D eigenvalue weighted by Gasteiger charge is 2.05. The number of hydrogen-bond acceptors (Lipinski definition) is 2. The molecule has 0 atom stereocenters. The number of rotatable bonds is 5. The molecule has 2 N–H and O–H groups in total. The Labute approximate surface area is 67.0 Å². The summed E-state index contributed by atoms with van der Waals surface area (Å²) in [6, 6.07) is 0. The van der Waals surface area contributed by atoms with Crippen LogP contribution in [0, 0.1) is 5.92 Å². The SMILES string of the molecule is CC(C)CC(=O)CCC(N)=O. The van der Waals surface area contributed by atoms with Gasteiger partial charge in [-0.05, 0) is 5.92 Å². The van der Waals surface area contributed by atoms with E-state index in [0.717, 1.165) is 0 Å². The Kier molecular flexibility index (Phi) is 4.50. The predicted octanol–water partition coefficient (Wildman–Crippen LogP) is 0.867. The van der Waals surface area contributed by atoms with Crippen molar-refractivity contribution >= 4 is 11.7 Å². The molecule has 0 aromatic heterocycles. The number of nitrogens with two attached hydrogens (primary N) is 1. The Balaban J connectivity index is 3.45. The Morgan fingerprint density at radius 2 is 1.82 bits per heavy atom. The van der Waals surface area contributed by atoms with Crippen LogP contribution in [0.15, 0.2) is 0 Å². The molecule has 0 saturated heterocycles. The zero-order chi connectivity index (χ0) is 8.85. The molecule has 1 amide bonds. The fourth-order valence-corrected chi connectivity index (χ4v) is 0.820. The van der Waals surface area contributed by atoms with Crippen molar-refractivity contribution in [3.8, 4) is 0 Å². The van der Waals surface area contributed by atoms with Crippen LogP contribution in [0.25, 0.3) is 0 Å². The maximum absolute atomic E-state index is 11.0. The van der Waals surface area contributed by atoms with Gasteiger partial charge in [0, 0.05) is 19.3 Å². The van der Waals surface area contributed by atoms with Crippen molar-refractivity contribution in [2.75, 3.05) is 0 Å². The second-order valence-corrected chi connectivity index (χ2v) is 3.10. The summed E-state index contributed by atoms with van der Waals surface area (Å²) >= 11 is 0. The lowest BCUT2D eigenvalue weighted by atomic mass is 10.0. The third-order valence-corrected chi connectivity index (χ3v) is 1.29. The van der Waals surface area contributed by atoms with E-state index in [1.54, 1.807) is 0 Å². The minimum atomic E-state index is -0.401. The molecule has 0 saturated carbocycles. The van der Waals surface area contributed by atoms with Gasteiger partial charge in [0.2, 0.25) is 5.91 Å². The van der Waals surface area contributed by atoms with E-state index in [9.17, 15) is 9.59 Å². The summed E-state index contributed by atoms with van der Waals surface area (Å²) in [6.07, 6.45) is 1.03. The molecule has 0 aliphatic rings. The quantitative estimate of drug-likeness (QED) is 0.643. The number of carbonyl (C=O) groups excluding carboxylic acids is 2. The second-order valence-electron chi connectivity index (χ2n) is 3.10.